The fourth-order valence-corrected chi connectivity index (χ4v) is 5.93. The number of nitrogens with zero attached hydrogens (tertiary/aromatic N) is 3. The summed E-state index contributed by atoms with van der Waals surface area (Å²) in [6, 6.07) is 15.3. The number of rotatable bonds is 17. The van der Waals surface area contributed by atoms with Gasteiger partial charge in [0.05, 0.1) is 23.6 Å². The van der Waals surface area contributed by atoms with Crippen LogP contribution in [0.15, 0.2) is 72.0 Å². The number of benzene rings is 2. The average Bonchev–Trinajstić information content (AvgIpc) is 3.59. The number of imidazole rings is 1. The number of anilines is 1. The number of hydrogen-bond donors (Lipinski definition) is 7. The van der Waals surface area contributed by atoms with Gasteiger partial charge in [-0.25, -0.2) is 14.8 Å². The first-order valence-electron chi connectivity index (χ1n) is 19.5. The summed E-state index contributed by atoms with van der Waals surface area (Å²) in [6.45, 7) is 8.82. The molecule has 1 aliphatic carbocycles. The summed E-state index contributed by atoms with van der Waals surface area (Å²) in [5, 5.41) is 19.3. The molecule has 18 heteroatoms. The largest absolute Gasteiger partial charge is 0.613 e. The minimum atomic E-state index is -0.767. The molecule has 4 amide bonds. The molecule has 332 valence electrons. The maximum atomic E-state index is 12.5. The molecular formula is C42H58FmN10O6W-2. The number of pyridine rings is 1. The van der Waals surface area contributed by atoms with Crippen molar-refractivity contribution in [3.05, 3.63) is 94.7 Å². The molecule has 5 rings (SSSR count). The van der Waals surface area contributed by atoms with Crippen LogP contribution in [0.4, 0.5) is 10.6 Å². The van der Waals surface area contributed by atoms with E-state index in [1.807, 2.05) is 48.8 Å². The molecule has 9 N–H and O–H groups in total. The number of aromatic nitrogens is 3. The van der Waals surface area contributed by atoms with Crippen LogP contribution in [-0.2, 0) is 59.7 Å². The van der Waals surface area contributed by atoms with Crippen molar-refractivity contribution in [3.63, 3.8) is 0 Å². The Hall–Kier alpha value is -6.15. The smallest absolute Gasteiger partial charge is 0.407 e. The van der Waals surface area contributed by atoms with Gasteiger partial charge in [-0.2, -0.15) is 6.41 Å². The van der Waals surface area contributed by atoms with Crippen molar-refractivity contribution >= 4 is 52.1 Å². The molecule has 0 saturated heterocycles. The van der Waals surface area contributed by atoms with E-state index in [2.05, 4.69) is 55.9 Å². The number of allylic oxidation sites excluding steroid dienone is 3. The number of nitrogens with one attached hydrogen (secondary N) is 6. The number of para-hydroxylation sites is 1. The van der Waals surface area contributed by atoms with Crippen LogP contribution in [0.5, 0.6) is 0 Å². The van der Waals surface area contributed by atoms with E-state index < -0.39 is 18.0 Å². The van der Waals surface area contributed by atoms with Crippen LogP contribution in [0.3, 0.4) is 0 Å². The molecule has 2 heterocycles. The molecule has 0 aliphatic heterocycles. The van der Waals surface area contributed by atoms with Gasteiger partial charge in [0, 0.05) is 58.3 Å². The summed E-state index contributed by atoms with van der Waals surface area (Å²) in [7, 11) is 1.54. The number of aliphatic hydroxyl groups is 1. The van der Waals surface area contributed by atoms with Crippen LogP contribution in [0.1, 0.15) is 76.8 Å². The normalized spacial score (nSPS) is 12.1. The number of hydrogen-bond acceptors (Lipinski definition) is 10. The molecule has 2 aromatic carbocycles. The van der Waals surface area contributed by atoms with Crippen molar-refractivity contribution in [2.45, 2.75) is 85.4 Å². The predicted octanol–water partition coefficient (Wildman–Crippen LogP) is 4.86. The maximum absolute atomic E-state index is 12.5. The van der Waals surface area contributed by atoms with E-state index in [9.17, 15) is 19.2 Å². The summed E-state index contributed by atoms with van der Waals surface area (Å²) in [5.74, 6) is 6.39. The molecule has 0 saturated carbocycles. The number of unbranched alkanes of at least 4 members (excludes halogenated alkanes) is 1. The maximum Gasteiger partial charge on any atom is 0.407 e. The van der Waals surface area contributed by atoms with Crippen LogP contribution in [0.2, 0.25) is 0 Å². The number of amides is 4. The first-order chi connectivity index (χ1) is 28.0. The van der Waals surface area contributed by atoms with E-state index in [1.165, 1.54) is 6.41 Å². The quantitative estimate of drug-likeness (QED) is 0.0431. The van der Waals surface area contributed by atoms with E-state index in [-0.39, 0.29) is 46.0 Å². The topological polar surface area (TPSA) is 238 Å². The second-order valence-corrected chi connectivity index (χ2v) is 13.9. The van der Waals surface area contributed by atoms with E-state index in [0.29, 0.717) is 44.1 Å². The second-order valence-electron chi connectivity index (χ2n) is 13.9. The van der Waals surface area contributed by atoms with Crippen LogP contribution >= 0.6 is 0 Å². The van der Waals surface area contributed by atoms with Crippen molar-refractivity contribution in [2.75, 3.05) is 32.5 Å². The third-order valence-corrected chi connectivity index (χ3v) is 8.98. The Kier molecular flexibility index (Phi) is 23.8. The number of carbonyl (C=O) groups is 3. The summed E-state index contributed by atoms with van der Waals surface area (Å²) in [5.41, 5.74) is 14.6. The van der Waals surface area contributed by atoms with Crippen LogP contribution in [0.25, 0.3) is 27.8 Å². The Bertz CT molecular complexity index is 2020. The number of ether oxygens (including phenoxy) is 1. The predicted molar refractivity (Wildman–Crippen MR) is 227 cm³/mol. The van der Waals surface area contributed by atoms with E-state index in [1.54, 1.807) is 27.0 Å². The summed E-state index contributed by atoms with van der Waals surface area (Å²) in [4.78, 5) is 57.2. The summed E-state index contributed by atoms with van der Waals surface area (Å²) < 4.78 is 7.68. The number of nitrogens with two attached hydrogens (primary N) is 1. The third-order valence-electron chi connectivity index (χ3n) is 8.98. The second kappa shape index (κ2) is 27.5. The van der Waals surface area contributed by atoms with Gasteiger partial charge in [0.1, 0.15) is 17.9 Å². The van der Waals surface area contributed by atoms with Gasteiger partial charge < -0.3 is 57.5 Å². The summed E-state index contributed by atoms with van der Waals surface area (Å²) >= 11 is 0. The van der Waals surface area contributed by atoms with E-state index >= 15 is 0 Å². The number of carbonyl (C=O) groups excluding carboxylic acids is 4. The minimum Gasteiger partial charge on any atom is -0.613 e. The van der Waals surface area contributed by atoms with Crippen LogP contribution in [-0.4, -0.2) is 76.8 Å². The fraction of sp³-hybridized carbons (Fsp3) is 0.429. The van der Waals surface area contributed by atoms with Gasteiger partial charge in [0.25, 0.3) is 0 Å². The van der Waals surface area contributed by atoms with Gasteiger partial charge in [-0.15, -0.1) is 0 Å². The zero-order valence-corrected chi connectivity index (χ0v) is 40.1. The number of nitrogen functional groups attached to an aromatic ring is 1. The Morgan fingerprint density at radius 1 is 1.00 bits per heavy atom. The molecule has 1 unspecified atom stereocenters. The van der Waals surface area contributed by atoms with Crippen LogP contribution in [0, 0.1) is 5.92 Å². The number of aliphatic hydroxyl groups excluding tert-OH is 1. The average molecular weight is 1240 g/mol. The van der Waals surface area contributed by atoms with Gasteiger partial charge in [-0.05, 0) is 67.5 Å². The molecule has 1 aliphatic rings. The number of aryl methyl sites for hydroxylation is 1. The fourth-order valence-electron chi connectivity index (χ4n) is 5.93. The molecule has 4 aromatic rings. The Labute approximate surface area is 360 Å². The van der Waals surface area contributed by atoms with Crippen molar-refractivity contribution < 1.29 is 50.1 Å². The minimum absolute atomic E-state index is 0. The Morgan fingerprint density at radius 3 is 2.27 bits per heavy atom. The molecule has 16 nitrogen and oxygen atoms in total. The van der Waals surface area contributed by atoms with Gasteiger partial charge in [-0.1, -0.05) is 82.7 Å². The van der Waals surface area contributed by atoms with Crippen molar-refractivity contribution in [1.82, 2.24) is 41.2 Å². The molecule has 0 spiro atoms. The first-order valence-corrected chi connectivity index (χ1v) is 19.5. The molecule has 1 atom stereocenters. The SMILES string of the molecule is CCCCc1nc2c(N)nc3ccccc3c2n1Cc1ccc(CNC(=O)OCC2=CC=C(NC(=O)CNC(=O)C(N[C-]=O)C(C)C)CC2)cc1.CCCO.CN[NH-].[Fm].[W]. The Morgan fingerprint density at radius 2 is 1.67 bits per heavy atom. The molecule has 0 fully saturated rings. The van der Waals surface area contributed by atoms with Crippen LogP contribution < -0.4 is 32.4 Å². The number of fused-ring (bicyclic) bond motifs is 3. The van der Waals surface area contributed by atoms with Crippen molar-refractivity contribution in [1.29, 1.82) is 0 Å². The summed E-state index contributed by atoms with van der Waals surface area (Å²) in [6.07, 6.45) is 9.52. The van der Waals surface area contributed by atoms with E-state index in [4.69, 9.17) is 26.4 Å². The molecule has 0 radical (unpaired) electrons. The van der Waals surface area contributed by atoms with Gasteiger partial charge in [0.2, 0.25) is 11.8 Å². The zero-order valence-electron chi connectivity index (χ0n) is 34.8. The number of alkyl carbamates (subject to hydrolysis) is 1. The van der Waals surface area contributed by atoms with E-state index in [0.717, 1.165) is 70.1 Å². The standard InChI is InChI=1S/C38H45N8O5.C3H8O.CH5N2.Fm.W/c1-4-5-10-31-45-34-35(29-8-6-7-9-30(29)44-36(34)39)46(31)21-26-13-11-25(12-14-26)19-41-38(50)51-22-27-15-17-28(18-16-27)43-32(48)20-40-37(49)33(24(2)3)42-23-47;1-2-3-4;1-3-2;;/h6-9,11-15,17,24,33H,4-5,10,16,18-22H2,1-3H3,(H2,39,44)(H,40,49)(H,41,50)(H,42,47)(H,43,48);4H,2-3H2,1H3;2-3H,1H3;;/q-1;;-1;;. The monoisotopic (exact) mass is 1240 g/mol. The molecule has 60 heavy (non-hydrogen) atoms. The Balaban J connectivity index is 0.00000186. The molecule has 2 aromatic heterocycles. The molecule has 0 bridgehead atoms. The van der Waals surface area contributed by atoms with Gasteiger partial charge in [-0.3, -0.25) is 9.59 Å². The van der Waals surface area contributed by atoms with Crippen molar-refractivity contribution in [2.24, 2.45) is 5.92 Å². The van der Waals surface area contributed by atoms with Gasteiger partial charge >= 0.3 is 6.09 Å². The third kappa shape index (κ3) is 15.9. The molecular weight excluding hydrogens is 1180 g/mol. The first kappa shape index (κ1) is 51.9. The van der Waals surface area contributed by atoms with Crippen molar-refractivity contribution in [3.8, 4) is 0 Å². The zero-order chi connectivity index (χ0) is 42.5. The van der Waals surface area contributed by atoms with Gasteiger partial charge in [0.15, 0.2) is 5.82 Å².